The van der Waals surface area contributed by atoms with E-state index in [2.05, 4.69) is 22.0 Å². The van der Waals surface area contributed by atoms with E-state index in [9.17, 15) is 0 Å². The number of rotatable bonds is 2. The molecule has 0 amide bonds. The highest BCUT2D eigenvalue weighted by Gasteiger charge is 2.24. The number of benzene rings is 2. The van der Waals surface area contributed by atoms with Crippen LogP contribution in [0, 0.1) is 6.92 Å². The van der Waals surface area contributed by atoms with Gasteiger partial charge in [0.25, 0.3) is 0 Å². The SMILES string of the molecule is Cc1ccc(C(Br)c2cc(Cl)cc3c2OCC3)c(Cl)c1. The first-order valence-electron chi connectivity index (χ1n) is 6.41. The highest BCUT2D eigenvalue weighted by atomic mass is 79.9. The average molecular weight is 372 g/mol. The van der Waals surface area contributed by atoms with Gasteiger partial charge in [-0.25, -0.2) is 0 Å². The van der Waals surface area contributed by atoms with E-state index in [4.69, 9.17) is 27.9 Å². The number of halogens is 3. The Hall–Kier alpha value is -0.700. The fourth-order valence-electron chi connectivity index (χ4n) is 2.49. The molecule has 0 radical (unpaired) electrons. The molecule has 0 spiro atoms. The van der Waals surface area contributed by atoms with Gasteiger partial charge in [-0.15, -0.1) is 0 Å². The van der Waals surface area contributed by atoms with Crippen LogP contribution in [-0.4, -0.2) is 6.61 Å². The van der Waals surface area contributed by atoms with Gasteiger partial charge >= 0.3 is 0 Å². The molecule has 0 saturated heterocycles. The molecule has 1 aliphatic rings. The molecule has 0 saturated carbocycles. The summed E-state index contributed by atoms with van der Waals surface area (Å²) in [6.45, 7) is 2.74. The summed E-state index contributed by atoms with van der Waals surface area (Å²) in [5, 5.41) is 1.48. The van der Waals surface area contributed by atoms with Gasteiger partial charge in [0.05, 0.1) is 11.4 Å². The number of hydrogen-bond acceptors (Lipinski definition) is 1. The minimum atomic E-state index is -0.0267. The molecular weight excluding hydrogens is 359 g/mol. The number of fused-ring (bicyclic) bond motifs is 1. The van der Waals surface area contributed by atoms with Gasteiger partial charge < -0.3 is 4.74 Å². The van der Waals surface area contributed by atoms with Crippen molar-refractivity contribution in [2.45, 2.75) is 18.2 Å². The maximum atomic E-state index is 6.36. The van der Waals surface area contributed by atoms with Crippen LogP contribution in [0.3, 0.4) is 0 Å². The third-order valence-corrected chi connectivity index (χ3v) is 5.01. The van der Waals surface area contributed by atoms with Crippen LogP contribution in [-0.2, 0) is 6.42 Å². The van der Waals surface area contributed by atoms with E-state index < -0.39 is 0 Å². The molecule has 0 fully saturated rings. The fourth-order valence-corrected chi connectivity index (χ4v) is 3.96. The first-order chi connectivity index (χ1) is 9.56. The minimum absolute atomic E-state index is 0.0267. The second-order valence-corrected chi connectivity index (χ2v) is 6.73. The van der Waals surface area contributed by atoms with Crippen LogP contribution >= 0.6 is 39.1 Å². The van der Waals surface area contributed by atoms with Crippen molar-refractivity contribution >= 4 is 39.1 Å². The van der Waals surface area contributed by atoms with Crippen molar-refractivity contribution in [2.24, 2.45) is 0 Å². The molecule has 20 heavy (non-hydrogen) atoms. The Morgan fingerprint density at radius 2 is 1.95 bits per heavy atom. The van der Waals surface area contributed by atoms with Crippen LogP contribution in [0.4, 0.5) is 0 Å². The van der Waals surface area contributed by atoms with Crippen molar-refractivity contribution < 1.29 is 4.74 Å². The van der Waals surface area contributed by atoms with Crippen molar-refractivity contribution in [3.05, 3.63) is 62.6 Å². The second kappa shape index (κ2) is 5.59. The summed E-state index contributed by atoms with van der Waals surface area (Å²) in [6, 6.07) is 9.99. The van der Waals surface area contributed by atoms with Gasteiger partial charge in [0, 0.05) is 22.0 Å². The first kappa shape index (κ1) is 14.2. The van der Waals surface area contributed by atoms with Crippen molar-refractivity contribution in [1.82, 2.24) is 0 Å². The Morgan fingerprint density at radius 1 is 1.15 bits per heavy atom. The topological polar surface area (TPSA) is 9.23 Å². The van der Waals surface area contributed by atoms with Crippen LogP contribution in [0.15, 0.2) is 30.3 Å². The Kier molecular flexibility index (Phi) is 3.98. The van der Waals surface area contributed by atoms with Gasteiger partial charge in [-0.3, -0.25) is 0 Å². The molecule has 3 rings (SSSR count). The van der Waals surface area contributed by atoms with E-state index in [0.29, 0.717) is 6.61 Å². The Labute approximate surface area is 137 Å². The molecule has 1 atom stereocenters. The number of ether oxygens (including phenoxy) is 1. The molecule has 1 heterocycles. The van der Waals surface area contributed by atoms with Gasteiger partial charge in [0.1, 0.15) is 5.75 Å². The second-order valence-electron chi connectivity index (χ2n) is 4.97. The Morgan fingerprint density at radius 3 is 2.70 bits per heavy atom. The lowest BCUT2D eigenvalue weighted by Gasteiger charge is -2.16. The molecule has 0 bridgehead atoms. The van der Waals surface area contributed by atoms with E-state index >= 15 is 0 Å². The lowest BCUT2D eigenvalue weighted by molar-refractivity contribution is 0.354. The lowest BCUT2D eigenvalue weighted by Crippen LogP contribution is -1.98. The summed E-state index contributed by atoms with van der Waals surface area (Å²) in [5.74, 6) is 0.938. The fraction of sp³-hybridized carbons (Fsp3) is 0.250. The van der Waals surface area contributed by atoms with Gasteiger partial charge in [-0.2, -0.15) is 0 Å². The summed E-state index contributed by atoms with van der Waals surface area (Å²) in [5.41, 5.74) is 4.37. The maximum Gasteiger partial charge on any atom is 0.127 e. The van der Waals surface area contributed by atoms with E-state index in [1.807, 2.05) is 31.2 Å². The van der Waals surface area contributed by atoms with E-state index in [1.165, 1.54) is 5.56 Å². The van der Waals surface area contributed by atoms with Crippen LogP contribution in [0.5, 0.6) is 5.75 Å². The summed E-state index contributed by atoms with van der Waals surface area (Å²) in [7, 11) is 0. The molecule has 0 N–H and O–H groups in total. The molecule has 0 aromatic heterocycles. The Bertz CT molecular complexity index is 670. The molecular formula is C16H13BrCl2O. The maximum absolute atomic E-state index is 6.36. The molecule has 1 aliphatic heterocycles. The molecule has 2 aromatic carbocycles. The molecule has 1 unspecified atom stereocenters. The van der Waals surface area contributed by atoms with Crippen molar-refractivity contribution in [3.8, 4) is 5.75 Å². The number of hydrogen-bond donors (Lipinski definition) is 0. The smallest absolute Gasteiger partial charge is 0.127 e. The van der Waals surface area contributed by atoms with E-state index in [-0.39, 0.29) is 4.83 Å². The molecule has 2 aromatic rings. The third kappa shape index (κ3) is 2.57. The molecule has 4 heteroatoms. The van der Waals surface area contributed by atoms with Gasteiger partial charge in [-0.05, 0) is 41.8 Å². The van der Waals surface area contributed by atoms with Gasteiger partial charge in [0.2, 0.25) is 0 Å². The zero-order valence-corrected chi connectivity index (χ0v) is 14.0. The monoisotopic (exact) mass is 370 g/mol. The van der Waals surface area contributed by atoms with Crippen molar-refractivity contribution in [1.29, 1.82) is 0 Å². The van der Waals surface area contributed by atoms with E-state index in [0.717, 1.165) is 38.9 Å². The summed E-state index contributed by atoms with van der Waals surface area (Å²) < 4.78 is 5.76. The summed E-state index contributed by atoms with van der Waals surface area (Å²) >= 11 is 16.3. The standard InChI is InChI=1S/C16H13BrCl2O/c1-9-2-3-12(14(19)6-9)15(17)13-8-11(18)7-10-4-5-20-16(10)13/h2-3,6-8,15H,4-5H2,1H3. The molecule has 0 aliphatic carbocycles. The van der Waals surface area contributed by atoms with E-state index in [1.54, 1.807) is 0 Å². The van der Waals surface area contributed by atoms with Crippen molar-refractivity contribution in [3.63, 3.8) is 0 Å². The van der Waals surface area contributed by atoms with Crippen LogP contribution in [0.1, 0.15) is 27.1 Å². The largest absolute Gasteiger partial charge is 0.493 e. The highest BCUT2D eigenvalue weighted by Crippen LogP contribution is 2.44. The predicted octanol–water partition coefficient (Wildman–Crippen LogP) is 5.72. The quantitative estimate of drug-likeness (QED) is 0.613. The molecule has 104 valence electrons. The predicted molar refractivity (Wildman–Crippen MR) is 87.6 cm³/mol. The van der Waals surface area contributed by atoms with Crippen LogP contribution in [0.25, 0.3) is 0 Å². The lowest BCUT2D eigenvalue weighted by atomic mass is 10.00. The average Bonchev–Trinajstić information content (AvgIpc) is 2.85. The first-order valence-corrected chi connectivity index (χ1v) is 8.08. The summed E-state index contributed by atoms with van der Waals surface area (Å²) in [4.78, 5) is -0.0267. The summed E-state index contributed by atoms with van der Waals surface area (Å²) in [6.07, 6.45) is 0.907. The normalized spacial score (nSPS) is 14.8. The van der Waals surface area contributed by atoms with Gasteiger partial charge in [-0.1, -0.05) is 51.3 Å². The molecule has 1 nitrogen and oxygen atoms in total. The minimum Gasteiger partial charge on any atom is -0.493 e. The van der Waals surface area contributed by atoms with Crippen LogP contribution < -0.4 is 4.74 Å². The highest BCUT2D eigenvalue weighted by molar-refractivity contribution is 9.09. The number of aryl methyl sites for hydroxylation is 1. The van der Waals surface area contributed by atoms with Crippen LogP contribution in [0.2, 0.25) is 10.0 Å². The Balaban J connectivity index is 2.09. The number of alkyl halides is 1. The third-order valence-electron chi connectivity index (χ3n) is 3.48. The zero-order chi connectivity index (χ0) is 14.3. The van der Waals surface area contributed by atoms with Crippen molar-refractivity contribution in [2.75, 3.05) is 6.61 Å². The van der Waals surface area contributed by atoms with Gasteiger partial charge in [0.15, 0.2) is 0 Å². The zero-order valence-electron chi connectivity index (χ0n) is 10.9.